The minimum Gasteiger partial charge on any atom is -0.480 e. The average Bonchev–Trinajstić information content (AvgIpc) is 2.04. The zero-order valence-corrected chi connectivity index (χ0v) is 5.90. The SMILES string of the molecule is O=CN1CCOC[C@H]1C(=O)O. The number of morpholine rings is 1. The quantitative estimate of drug-likeness (QED) is 0.521. The Balaban J connectivity index is 2.58. The van der Waals surface area contributed by atoms with E-state index < -0.39 is 12.0 Å². The van der Waals surface area contributed by atoms with Crippen molar-refractivity contribution in [3.05, 3.63) is 0 Å². The molecule has 0 radical (unpaired) electrons. The van der Waals surface area contributed by atoms with Crippen LogP contribution < -0.4 is 0 Å². The summed E-state index contributed by atoms with van der Waals surface area (Å²) < 4.78 is 4.89. The van der Waals surface area contributed by atoms with Crippen LogP contribution in [0.2, 0.25) is 0 Å². The normalized spacial score (nSPS) is 24.7. The van der Waals surface area contributed by atoms with Crippen molar-refractivity contribution in [3.63, 3.8) is 0 Å². The Bertz CT molecular complexity index is 170. The van der Waals surface area contributed by atoms with Gasteiger partial charge in [0.15, 0.2) is 6.04 Å². The van der Waals surface area contributed by atoms with Crippen LogP contribution in [0.3, 0.4) is 0 Å². The van der Waals surface area contributed by atoms with E-state index in [4.69, 9.17) is 9.84 Å². The molecule has 0 aromatic rings. The minimum atomic E-state index is -1.02. The van der Waals surface area contributed by atoms with Gasteiger partial charge in [-0.1, -0.05) is 0 Å². The molecule has 1 N–H and O–H groups in total. The number of hydrogen-bond acceptors (Lipinski definition) is 3. The lowest BCUT2D eigenvalue weighted by molar-refractivity contribution is -0.153. The summed E-state index contributed by atoms with van der Waals surface area (Å²) in [5.41, 5.74) is 0. The van der Waals surface area contributed by atoms with Crippen LogP contribution >= 0.6 is 0 Å². The van der Waals surface area contributed by atoms with Crippen molar-refractivity contribution in [2.24, 2.45) is 0 Å². The molecule has 0 unspecified atom stereocenters. The lowest BCUT2D eigenvalue weighted by Crippen LogP contribution is -2.49. The molecule has 1 amide bonds. The molecule has 0 aliphatic carbocycles. The molecule has 0 aromatic heterocycles. The van der Waals surface area contributed by atoms with Crippen LogP contribution in [-0.2, 0) is 14.3 Å². The topological polar surface area (TPSA) is 66.8 Å². The van der Waals surface area contributed by atoms with Gasteiger partial charge >= 0.3 is 5.97 Å². The Morgan fingerprint density at radius 1 is 1.73 bits per heavy atom. The smallest absolute Gasteiger partial charge is 0.328 e. The maximum absolute atomic E-state index is 10.4. The van der Waals surface area contributed by atoms with E-state index >= 15 is 0 Å². The lowest BCUT2D eigenvalue weighted by Gasteiger charge is -2.29. The number of carboxylic acid groups (broad SMARTS) is 1. The van der Waals surface area contributed by atoms with E-state index in [0.29, 0.717) is 19.6 Å². The van der Waals surface area contributed by atoms with Crippen molar-refractivity contribution in [1.29, 1.82) is 0 Å². The van der Waals surface area contributed by atoms with E-state index in [-0.39, 0.29) is 6.61 Å². The summed E-state index contributed by atoms with van der Waals surface area (Å²) in [5, 5.41) is 8.56. The molecule has 1 saturated heterocycles. The molecule has 11 heavy (non-hydrogen) atoms. The highest BCUT2D eigenvalue weighted by Crippen LogP contribution is 2.03. The number of amides is 1. The van der Waals surface area contributed by atoms with Gasteiger partial charge < -0.3 is 14.7 Å². The van der Waals surface area contributed by atoms with Crippen molar-refractivity contribution in [1.82, 2.24) is 4.90 Å². The van der Waals surface area contributed by atoms with Crippen LogP contribution in [0.15, 0.2) is 0 Å². The summed E-state index contributed by atoms with van der Waals surface area (Å²) in [5.74, 6) is -1.02. The first kappa shape index (κ1) is 8.00. The number of carbonyl (C=O) groups is 2. The molecule has 62 valence electrons. The zero-order valence-electron chi connectivity index (χ0n) is 5.90. The highest BCUT2D eigenvalue weighted by Gasteiger charge is 2.27. The van der Waals surface area contributed by atoms with Crippen LogP contribution in [0.1, 0.15) is 0 Å². The van der Waals surface area contributed by atoms with Crippen LogP contribution in [0.4, 0.5) is 0 Å². The molecule has 1 fully saturated rings. The predicted molar refractivity (Wildman–Crippen MR) is 35.0 cm³/mol. The first-order valence-corrected chi connectivity index (χ1v) is 3.27. The Kier molecular flexibility index (Phi) is 2.43. The van der Waals surface area contributed by atoms with E-state index in [2.05, 4.69) is 0 Å². The van der Waals surface area contributed by atoms with E-state index in [1.807, 2.05) is 0 Å². The van der Waals surface area contributed by atoms with Crippen molar-refractivity contribution < 1.29 is 19.4 Å². The zero-order chi connectivity index (χ0) is 8.27. The summed E-state index contributed by atoms with van der Waals surface area (Å²) in [6.07, 6.45) is 0.543. The highest BCUT2D eigenvalue weighted by molar-refractivity contribution is 5.76. The predicted octanol–water partition coefficient (Wildman–Crippen LogP) is -1.07. The molecule has 1 rings (SSSR count). The van der Waals surface area contributed by atoms with Gasteiger partial charge in [-0.05, 0) is 0 Å². The Labute approximate surface area is 63.5 Å². The van der Waals surface area contributed by atoms with Crippen molar-refractivity contribution >= 4 is 12.4 Å². The molecule has 5 heteroatoms. The fourth-order valence-corrected chi connectivity index (χ4v) is 0.956. The van der Waals surface area contributed by atoms with Crippen molar-refractivity contribution in [2.75, 3.05) is 19.8 Å². The highest BCUT2D eigenvalue weighted by atomic mass is 16.5. The molecule has 1 aliphatic heterocycles. The number of carbonyl (C=O) groups excluding carboxylic acids is 1. The molecule has 1 atom stereocenters. The van der Waals surface area contributed by atoms with Crippen molar-refractivity contribution in [3.8, 4) is 0 Å². The van der Waals surface area contributed by atoms with E-state index in [9.17, 15) is 9.59 Å². The van der Waals surface area contributed by atoms with Crippen LogP contribution in [0.5, 0.6) is 0 Å². The summed E-state index contributed by atoms with van der Waals surface area (Å²) in [6, 6.07) is -0.804. The number of rotatable bonds is 2. The van der Waals surface area contributed by atoms with E-state index in [1.54, 1.807) is 0 Å². The van der Waals surface area contributed by atoms with Gasteiger partial charge in [0.25, 0.3) is 0 Å². The summed E-state index contributed by atoms with van der Waals surface area (Å²) >= 11 is 0. The lowest BCUT2D eigenvalue weighted by atomic mass is 10.2. The number of aliphatic carboxylic acids is 1. The van der Waals surface area contributed by atoms with Gasteiger partial charge in [0.2, 0.25) is 6.41 Å². The van der Waals surface area contributed by atoms with Gasteiger partial charge in [0, 0.05) is 6.54 Å². The molecule has 0 spiro atoms. The summed E-state index contributed by atoms with van der Waals surface area (Å²) in [4.78, 5) is 22.0. The molecular formula is C6H9NO4. The van der Waals surface area contributed by atoms with Gasteiger partial charge in [-0.15, -0.1) is 0 Å². The third-order valence-electron chi connectivity index (χ3n) is 1.59. The Morgan fingerprint density at radius 3 is 2.91 bits per heavy atom. The van der Waals surface area contributed by atoms with E-state index in [0.717, 1.165) is 0 Å². The van der Waals surface area contributed by atoms with E-state index in [1.165, 1.54) is 4.90 Å². The first-order chi connectivity index (χ1) is 5.25. The number of hydrogen-bond donors (Lipinski definition) is 1. The standard InChI is InChI=1S/C6H9NO4/c8-4-7-1-2-11-3-5(7)6(9)10/h4-5H,1-3H2,(H,9,10)/t5-/m0/s1. The van der Waals surface area contributed by atoms with Gasteiger partial charge in [0.1, 0.15) is 0 Å². The molecule has 5 nitrogen and oxygen atoms in total. The van der Waals surface area contributed by atoms with Gasteiger partial charge in [-0.25, -0.2) is 4.79 Å². The molecule has 1 heterocycles. The Hall–Kier alpha value is -1.10. The van der Waals surface area contributed by atoms with Crippen LogP contribution in [-0.4, -0.2) is 48.2 Å². The maximum atomic E-state index is 10.4. The molecule has 0 saturated carbocycles. The number of nitrogens with zero attached hydrogens (tertiary/aromatic N) is 1. The number of ether oxygens (including phenoxy) is 1. The van der Waals surface area contributed by atoms with Crippen LogP contribution in [0, 0.1) is 0 Å². The summed E-state index contributed by atoms with van der Waals surface area (Å²) in [7, 11) is 0. The fraction of sp³-hybridized carbons (Fsp3) is 0.667. The second-order valence-corrected chi connectivity index (χ2v) is 2.27. The average molecular weight is 159 g/mol. The van der Waals surface area contributed by atoms with Gasteiger partial charge in [0.05, 0.1) is 13.2 Å². The van der Waals surface area contributed by atoms with Gasteiger partial charge in [-0.3, -0.25) is 4.79 Å². The number of carboxylic acids is 1. The second-order valence-electron chi connectivity index (χ2n) is 2.27. The molecule has 0 aromatic carbocycles. The monoisotopic (exact) mass is 159 g/mol. The fourth-order valence-electron chi connectivity index (χ4n) is 0.956. The third kappa shape index (κ3) is 1.68. The summed E-state index contributed by atoms with van der Waals surface area (Å²) in [6.45, 7) is 0.872. The molecule has 0 bridgehead atoms. The molecule has 1 aliphatic rings. The minimum absolute atomic E-state index is 0.0913. The van der Waals surface area contributed by atoms with Crippen molar-refractivity contribution in [2.45, 2.75) is 6.04 Å². The largest absolute Gasteiger partial charge is 0.480 e. The molecular weight excluding hydrogens is 150 g/mol. The Morgan fingerprint density at radius 2 is 2.45 bits per heavy atom. The maximum Gasteiger partial charge on any atom is 0.328 e. The van der Waals surface area contributed by atoms with Crippen LogP contribution in [0.25, 0.3) is 0 Å². The third-order valence-corrected chi connectivity index (χ3v) is 1.59. The first-order valence-electron chi connectivity index (χ1n) is 3.27. The van der Waals surface area contributed by atoms with Gasteiger partial charge in [-0.2, -0.15) is 0 Å². The second kappa shape index (κ2) is 3.34.